The summed E-state index contributed by atoms with van der Waals surface area (Å²) in [5, 5.41) is 7.18. The smallest absolute Gasteiger partial charge is 0.243 e. The van der Waals surface area contributed by atoms with Gasteiger partial charge in [0.05, 0.1) is 6.20 Å². The van der Waals surface area contributed by atoms with E-state index in [1.807, 2.05) is 6.92 Å². The van der Waals surface area contributed by atoms with E-state index in [9.17, 15) is 8.42 Å². The lowest BCUT2D eigenvalue weighted by Crippen LogP contribution is -2.44. The summed E-state index contributed by atoms with van der Waals surface area (Å²) in [7, 11) is -1.75. The fourth-order valence-corrected chi connectivity index (χ4v) is 3.55. The van der Waals surface area contributed by atoms with Gasteiger partial charge < -0.3 is 5.32 Å². The molecule has 1 aromatic rings. The van der Waals surface area contributed by atoms with Crippen molar-refractivity contribution in [2.45, 2.75) is 30.7 Å². The van der Waals surface area contributed by atoms with Crippen molar-refractivity contribution >= 4 is 10.0 Å². The maximum atomic E-state index is 12.1. The molecule has 1 aromatic heterocycles. The van der Waals surface area contributed by atoms with Crippen LogP contribution in [-0.2, 0) is 17.1 Å². The van der Waals surface area contributed by atoms with E-state index in [0.717, 1.165) is 25.9 Å². The van der Waals surface area contributed by atoms with Gasteiger partial charge in [0, 0.05) is 19.3 Å². The zero-order chi connectivity index (χ0) is 13.2. The number of hydrogen-bond acceptors (Lipinski definition) is 4. The highest BCUT2D eigenvalue weighted by molar-refractivity contribution is 7.89. The van der Waals surface area contributed by atoms with Crippen LogP contribution in [0, 0.1) is 5.92 Å². The van der Waals surface area contributed by atoms with Gasteiger partial charge in [-0.1, -0.05) is 0 Å². The lowest BCUT2D eigenvalue weighted by atomic mass is 9.94. The van der Waals surface area contributed by atoms with E-state index >= 15 is 0 Å². The third-order valence-electron chi connectivity index (χ3n) is 3.37. The van der Waals surface area contributed by atoms with Gasteiger partial charge in [-0.3, -0.25) is 4.68 Å². The Bertz CT molecular complexity index is 491. The molecule has 1 saturated heterocycles. The second-order valence-electron chi connectivity index (χ2n) is 4.87. The highest BCUT2D eigenvalue weighted by Gasteiger charge is 2.25. The topological polar surface area (TPSA) is 76.0 Å². The average Bonchev–Trinajstić information content (AvgIpc) is 2.77. The second-order valence-corrected chi connectivity index (χ2v) is 6.58. The molecule has 6 nitrogen and oxygen atoms in total. The zero-order valence-corrected chi connectivity index (χ0v) is 11.6. The summed E-state index contributed by atoms with van der Waals surface area (Å²) >= 11 is 0. The third-order valence-corrected chi connectivity index (χ3v) is 4.89. The highest BCUT2D eigenvalue weighted by atomic mass is 32.2. The zero-order valence-electron chi connectivity index (χ0n) is 10.8. The normalized spacial score (nSPS) is 22.9. The Morgan fingerprint density at radius 1 is 1.61 bits per heavy atom. The predicted octanol–water partition coefficient (Wildman–Crippen LogP) is 0.0865. The Balaban J connectivity index is 2.03. The molecule has 0 saturated carbocycles. The number of nitrogens with zero attached hydrogens (tertiary/aromatic N) is 2. The van der Waals surface area contributed by atoms with Gasteiger partial charge in [0.25, 0.3) is 0 Å². The Morgan fingerprint density at radius 3 is 2.94 bits per heavy atom. The van der Waals surface area contributed by atoms with Crippen molar-refractivity contribution in [3.05, 3.63) is 12.4 Å². The Hall–Kier alpha value is -0.920. The first-order valence-corrected chi connectivity index (χ1v) is 7.69. The van der Waals surface area contributed by atoms with Crippen LogP contribution in [0.1, 0.15) is 19.8 Å². The van der Waals surface area contributed by atoms with Gasteiger partial charge in [0.1, 0.15) is 4.90 Å². The number of nitrogens with one attached hydrogen (secondary N) is 2. The van der Waals surface area contributed by atoms with Crippen molar-refractivity contribution < 1.29 is 8.42 Å². The fraction of sp³-hybridized carbons (Fsp3) is 0.727. The number of piperidine rings is 1. The van der Waals surface area contributed by atoms with Crippen LogP contribution in [0.25, 0.3) is 0 Å². The molecule has 0 amide bonds. The molecule has 7 heteroatoms. The molecular formula is C11H20N4O2S. The Morgan fingerprint density at radius 2 is 2.39 bits per heavy atom. The van der Waals surface area contributed by atoms with Gasteiger partial charge in [-0.25, -0.2) is 13.1 Å². The van der Waals surface area contributed by atoms with Crippen molar-refractivity contribution in [1.82, 2.24) is 19.8 Å². The van der Waals surface area contributed by atoms with Crippen molar-refractivity contribution in [3.8, 4) is 0 Å². The van der Waals surface area contributed by atoms with Gasteiger partial charge in [-0.15, -0.1) is 0 Å². The molecule has 0 aromatic carbocycles. The van der Waals surface area contributed by atoms with Crippen LogP contribution in [-0.4, -0.2) is 37.3 Å². The molecule has 102 valence electrons. The second kappa shape index (κ2) is 5.38. The molecular weight excluding hydrogens is 252 g/mol. The van der Waals surface area contributed by atoms with Crippen LogP contribution in [0.2, 0.25) is 0 Å². The van der Waals surface area contributed by atoms with Crippen LogP contribution < -0.4 is 10.0 Å². The quantitative estimate of drug-likeness (QED) is 0.814. The van der Waals surface area contributed by atoms with E-state index in [-0.39, 0.29) is 10.9 Å². The van der Waals surface area contributed by atoms with Crippen LogP contribution >= 0.6 is 0 Å². The van der Waals surface area contributed by atoms with E-state index in [4.69, 9.17) is 0 Å². The molecule has 18 heavy (non-hydrogen) atoms. The monoisotopic (exact) mass is 272 g/mol. The van der Waals surface area contributed by atoms with E-state index < -0.39 is 10.0 Å². The van der Waals surface area contributed by atoms with Crippen molar-refractivity contribution in [1.29, 1.82) is 0 Å². The van der Waals surface area contributed by atoms with Crippen molar-refractivity contribution in [2.24, 2.45) is 13.0 Å². The molecule has 2 rings (SSSR count). The number of rotatable bonds is 4. The maximum absolute atomic E-state index is 12.1. The molecule has 0 spiro atoms. The summed E-state index contributed by atoms with van der Waals surface area (Å²) in [6.45, 7) is 3.82. The van der Waals surface area contributed by atoms with Crippen LogP contribution in [0.5, 0.6) is 0 Å². The third kappa shape index (κ3) is 3.09. The largest absolute Gasteiger partial charge is 0.316 e. The number of aromatic nitrogens is 2. The van der Waals surface area contributed by atoms with Crippen LogP contribution in [0.3, 0.4) is 0 Å². The number of hydrogen-bond donors (Lipinski definition) is 2. The van der Waals surface area contributed by atoms with Crippen LogP contribution in [0.15, 0.2) is 17.3 Å². The summed E-state index contributed by atoms with van der Waals surface area (Å²) in [5.74, 6) is 0.352. The number of aryl methyl sites for hydroxylation is 1. The molecule has 2 unspecified atom stereocenters. The van der Waals surface area contributed by atoms with Gasteiger partial charge >= 0.3 is 0 Å². The summed E-state index contributed by atoms with van der Waals surface area (Å²) < 4.78 is 28.4. The fourth-order valence-electron chi connectivity index (χ4n) is 2.25. The van der Waals surface area contributed by atoms with Crippen molar-refractivity contribution in [3.63, 3.8) is 0 Å². The van der Waals surface area contributed by atoms with Gasteiger partial charge in [0.2, 0.25) is 10.0 Å². The average molecular weight is 272 g/mol. The maximum Gasteiger partial charge on any atom is 0.243 e. The lowest BCUT2D eigenvalue weighted by molar-refractivity contribution is 0.320. The predicted molar refractivity (Wildman–Crippen MR) is 68.6 cm³/mol. The molecule has 1 fully saturated rings. The lowest BCUT2D eigenvalue weighted by Gasteiger charge is -2.28. The SMILES string of the molecule is CC(NS(=O)(=O)c1cnn(C)c1)C1CCCNC1. The minimum Gasteiger partial charge on any atom is -0.316 e. The number of sulfonamides is 1. The Labute approximate surface area is 108 Å². The summed E-state index contributed by atoms with van der Waals surface area (Å²) in [6, 6.07) is -0.0667. The molecule has 2 atom stereocenters. The van der Waals surface area contributed by atoms with Gasteiger partial charge in [-0.05, 0) is 38.8 Å². The summed E-state index contributed by atoms with van der Waals surface area (Å²) in [4.78, 5) is 0.223. The molecule has 2 heterocycles. The van der Waals surface area contributed by atoms with Crippen molar-refractivity contribution in [2.75, 3.05) is 13.1 Å². The van der Waals surface area contributed by atoms with E-state index in [0.29, 0.717) is 5.92 Å². The van der Waals surface area contributed by atoms with E-state index in [1.165, 1.54) is 17.1 Å². The van der Waals surface area contributed by atoms with E-state index in [2.05, 4.69) is 15.1 Å². The summed E-state index contributed by atoms with van der Waals surface area (Å²) in [6.07, 6.45) is 5.04. The standard InChI is InChI=1S/C11H20N4O2S/c1-9(10-4-3-5-12-6-10)14-18(16,17)11-7-13-15(2)8-11/h7-10,12,14H,3-6H2,1-2H3. The molecule has 2 N–H and O–H groups in total. The van der Waals surface area contributed by atoms with E-state index in [1.54, 1.807) is 7.05 Å². The molecule has 0 bridgehead atoms. The molecule has 1 aliphatic rings. The molecule has 0 radical (unpaired) electrons. The first-order chi connectivity index (χ1) is 8.49. The molecule has 0 aliphatic carbocycles. The van der Waals surface area contributed by atoms with Gasteiger partial charge in [-0.2, -0.15) is 5.10 Å². The molecule has 1 aliphatic heterocycles. The first kappa shape index (κ1) is 13.5. The van der Waals surface area contributed by atoms with Crippen LogP contribution in [0.4, 0.5) is 0 Å². The summed E-state index contributed by atoms with van der Waals surface area (Å²) in [5.41, 5.74) is 0. The first-order valence-electron chi connectivity index (χ1n) is 6.21. The van der Waals surface area contributed by atoms with Gasteiger partial charge in [0.15, 0.2) is 0 Å². The minimum atomic E-state index is -3.45. The highest BCUT2D eigenvalue weighted by Crippen LogP contribution is 2.16. The Kier molecular flexibility index (Phi) is 4.04. The minimum absolute atomic E-state index is 0.0667.